The Labute approximate surface area is 133 Å². The number of nitrogens with one attached hydrogen (secondary N) is 1. The molecule has 7 heteroatoms. The van der Waals surface area contributed by atoms with Gasteiger partial charge in [-0.25, -0.2) is 10.1 Å². The summed E-state index contributed by atoms with van der Waals surface area (Å²) in [5, 5.41) is 6.73. The van der Waals surface area contributed by atoms with Crippen molar-refractivity contribution in [3.63, 3.8) is 0 Å². The summed E-state index contributed by atoms with van der Waals surface area (Å²) >= 11 is 0. The van der Waals surface area contributed by atoms with Crippen LogP contribution in [0.5, 0.6) is 11.9 Å². The molecule has 0 radical (unpaired) electrons. The smallest absolute Gasteiger partial charge is 0.319 e. The average molecular weight is 314 g/mol. The van der Waals surface area contributed by atoms with Crippen molar-refractivity contribution in [3.05, 3.63) is 28.2 Å². The van der Waals surface area contributed by atoms with Crippen molar-refractivity contribution in [2.24, 2.45) is 11.8 Å². The molecule has 2 aliphatic carbocycles. The molecule has 0 bridgehead atoms. The van der Waals surface area contributed by atoms with Crippen molar-refractivity contribution in [2.45, 2.75) is 25.2 Å². The van der Waals surface area contributed by atoms with Gasteiger partial charge in [0, 0.05) is 11.8 Å². The summed E-state index contributed by atoms with van der Waals surface area (Å²) in [6, 6.07) is 2.07. The Kier molecular flexibility index (Phi) is 3.28. The van der Waals surface area contributed by atoms with Gasteiger partial charge < -0.3 is 9.47 Å². The number of hydrogen-bond donors (Lipinski definition) is 1. The van der Waals surface area contributed by atoms with Gasteiger partial charge in [-0.05, 0) is 43.1 Å². The predicted octanol–water partition coefficient (Wildman–Crippen LogP) is 1.76. The van der Waals surface area contributed by atoms with Gasteiger partial charge in [0.1, 0.15) is 0 Å². The number of H-pyrrole nitrogens is 1. The molecule has 2 aromatic heterocycles. The molecular formula is C16H18N4O3. The molecule has 0 saturated heterocycles. The third kappa shape index (κ3) is 2.56. The molecule has 7 nitrogen and oxygen atoms in total. The van der Waals surface area contributed by atoms with Crippen molar-refractivity contribution < 1.29 is 9.47 Å². The van der Waals surface area contributed by atoms with Gasteiger partial charge in [0.05, 0.1) is 25.5 Å². The summed E-state index contributed by atoms with van der Waals surface area (Å²) in [7, 11) is 3.03. The van der Waals surface area contributed by atoms with Gasteiger partial charge >= 0.3 is 6.01 Å². The molecule has 4 rings (SSSR count). The Morgan fingerprint density at radius 3 is 2.78 bits per heavy atom. The van der Waals surface area contributed by atoms with Crippen LogP contribution in [0.1, 0.15) is 30.7 Å². The number of aromatic amines is 1. The van der Waals surface area contributed by atoms with Gasteiger partial charge in [-0.2, -0.15) is 10.1 Å². The summed E-state index contributed by atoms with van der Waals surface area (Å²) in [6.45, 7) is 0. The van der Waals surface area contributed by atoms with Gasteiger partial charge in [-0.1, -0.05) is 0 Å². The topological polar surface area (TPSA) is 90.0 Å². The molecule has 1 N–H and O–H groups in total. The number of ether oxygens (including phenoxy) is 2. The zero-order chi connectivity index (χ0) is 16.0. The number of methoxy groups -OCH3 is 2. The van der Waals surface area contributed by atoms with E-state index in [9.17, 15) is 4.79 Å². The maximum Gasteiger partial charge on any atom is 0.319 e. The maximum absolute atomic E-state index is 12.1. The summed E-state index contributed by atoms with van der Waals surface area (Å²) in [6.07, 6.45) is 5.31. The molecule has 2 unspecified atom stereocenters. The maximum atomic E-state index is 12.1. The zero-order valence-electron chi connectivity index (χ0n) is 13.1. The Bertz CT molecular complexity index is 800. The molecule has 2 fully saturated rings. The third-order valence-corrected chi connectivity index (χ3v) is 4.68. The van der Waals surface area contributed by atoms with Crippen LogP contribution in [0.4, 0.5) is 0 Å². The van der Waals surface area contributed by atoms with Gasteiger partial charge in [0.15, 0.2) is 0 Å². The lowest BCUT2D eigenvalue weighted by molar-refractivity contribution is 0.353. The molecule has 0 amide bonds. The van der Waals surface area contributed by atoms with E-state index in [0.717, 1.165) is 17.9 Å². The van der Waals surface area contributed by atoms with Crippen LogP contribution in [0, 0.1) is 11.8 Å². The van der Waals surface area contributed by atoms with E-state index in [2.05, 4.69) is 20.2 Å². The van der Waals surface area contributed by atoms with E-state index in [1.165, 1.54) is 27.1 Å². The lowest BCUT2D eigenvalue weighted by atomic mass is 10.1. The Morgan fingerprint density at radius 2 is 2.09 bits per heavy atom. The predicted molar refractivity (Wildman–Crippen MR) is 82.6 cm³/mol. The molecule has 120 valence electrons. The van der Waals surface area contributed by atoms with Crippen LogP contribution in [0.25, 0.3) is 11.3 Å². The number of aromatic nitrogens is 4. The molecule has 0 aliphatic heterocycles. The van der Waals surface area contributed by atoms with Crippen LogP contribution in [0.2, 0.25) is 0 Å². The Morgan fingerprint density at radius 1 is 1.26 bits per heavy atom. The normalized spacial score (nSPS) is 22.7. The highest BCUT2D eigenvalue weighted by Crippen LogP contribution is 2.58. The van der Waals surface area contributed by atoms with Gasteiger partial charge in [0.2, 0.25) is 5.88 Å². The monoisotopic (exact) mass is 314 g/mol. The van der Waals surface area contributed by atoms with Crippen LogP contribution < -0.4 is 15.0 Å². The fourth-order valence-corrected chi connectivity index (χ4v) is 3.23. The molecule has 0 spiro atoms. The largest absolute Gasteiger partial charge is 0.480 e. The Hall–Kier alpha value is -2.44. The number of nitrogens with zero attached hydrogens (tertiary/aromatic N) is 3. The molecule has 2 heterocycles. The minimum Gasteiger partial charge on any atom is -0.480 e. The summed E-state index contributed by atoms with van der Waals surface area (Å²) < 4.78 is 10.3. The van der Waals surface area contributed by atoms with Crippen LogP contribution in [0.15, 0.2) is 17.1 Å². The second-order valence-electron chi connectivity index (χ2n) is 6.16. The minimum absolute atomic E-state index is 0.102. The summed E-state index contributed by atoms with van der Waals surface area (Å²) in [5.41, 5.74) is 1.95. The first-order chi connectivity index (χ1) is 11.2. The van der Waals surface area contributed by atoms with E-state index in [1.807, 2.05) is 6.07 Å². The van der Waals surface area contributed by atoms with Crippen molar-refractivity contribution in [2.75, 3.05) is 14.2 Å². The molecule has 0 aromatic carbocycles. The van der Waals surface area contributed by atoms with Crippen LogP contribution in [0.3, 0.4) is 0 Å². The number of rotatable bonds is 5. The van der Waals surface area contributed by atoms with E-state index in [1.54, 1.807) is 6.20 Å². The lowest BCUT2D eigenvalue weighted by Gasteiger charge is -2.08. The first kappa shape index (κ1) is 14.2. The number of hydrogen-bond acceptors (Lipinski definition) is 6. The SMILES string of the molecule is COc1ncc(-c2cc(C3CC3C3CC3)c(=O)[nH]n2)c(OC)n1. The van der Waals surface area contributed by atoms with Gasteiger partial charge in [-0.3, -0.25) is 4.79 Å². The van der Waals surface area contributed by atoms with E-state index in [-0.39, 0.29) is 11.6 Å². The van der Waals surface area contributed by atoms with Gasteiger partial charge in [-0.15, -0.1) is 0 Å². The van der Waals surface area contributed by atoms with Crippen molar-refractivity contribution in [1.29, 1.82) is 0 Å². The van der Waals surface area contributed by atoms with E-state index in [4.69, 9.17) is 9.47 Å². The highest BCUT2D eigenvalue weighted by molar-refractivity contribution is 5.64. The Balaban J connectivity index is 1.71. The third-order valence-electron chi connectivity index (χ3n) is 4.68. The average Bonchev–Trinajstić information content (AvgIpc) is 3.47. The molecule has 2 atom stereocenters. The quantitative estimate of drug-likeness (QED) is 0.904. The first-order valence-electron chi connectivity index (χ1n) is 7.76. The van der Waals surface area contributed by atoms with E-state index in [0.29, 0.717) is 29.0 Å². The van der Waals surface area contributed by atoms with Crippen LogP contribution in [-0.4, -0.2) is 34.4 Å². The van der Waals surface area contributed by atoms with Crippen molar-refractivity contribution >= 4 is 0 Å². The standard InChI is InChI=1S/C16H18N4O3/c1-22-15-12(7-17-16(18-15)23-2)13-6-11(14(21)20-19-13)10-5-9(10)8-3-4-8/h6-10H,3-5H2,1-2H3,(H,20,21). The minimum atomic E-state index is -0.102. The molecule has 2 aliphatic rings. The van der Waals surface area contributed by atoms with E-state index >= 15 is 0 Å². The molecule has 23 heavy (non-hydrogen) atoms. The van der Waals surface area contributed by atoms with Crippen molar-refractivity contribution in [3.8, 4) is 23.1 Å². The van der Waals surface area contributed by atoms with Gasteiger partial charge in [0.25, 0.3) is 5.56 Å². The van der Waals surface area contributed by atoms with Crippen molar-refractivity contribution in [1.82, 2.24) is 20.2 Å². The molecular weight excluding hydrogens is 296 g/mol. The highest BCUT2D eigenvalue weighted by atomic mass is 16.5. The highest BCUT2D eigenvalue weighted by Gasteiger charge is 2.49. The summed E-state index contributed by atoms with van der Waals surface area (Å²) in [5.74, 6) is 2.21. The second kappa shape index (κ2) is 5.33. The summed E-state index contributed by atoms with van der Waals surface area (Å²) in [4.78, 5) is 20.4. The zero-order valence-corrected chi connectivity index (χ0v) is 13.1. The fraction of sp³-hybridized carbons (Fsp3) is 0.500. The first-order valence-corrected chi connectivity index (χ1v) is 7.76. The lowest BCUT2D eigenvalue weighted by Crippen LogP contribution is -2.14. The molecule has 2 aromatic rings. The molecule has 2 saturated carbocycles. The van der Waals surface area contributed by atoms with Crippen LogP contribution >= 0.6 is 0 Å². The van der Waals surface area contributed by atoms with Crippen LogP contribution in [-0.2, 0) is 0 Å². The van der Waals surface area contributed by atoms with E-state index < -0.39 is 0 Å². The fourth-order valence-electron chi connectivity index (χ4n) is 3.23. The second-order valence-corrected chi connectivity index (χ2v) is 6.16.